The molecule has 26 heavy (non-hydrogen) atoms. The van der Waals surface area contributed by atoms with E-state index in [-0.39, 0.29) is 18.3 Å². The third-order valence-corrected chi connectivity index (χ3v) is 4.47. The topological polar surface area (TPSA) is 112 Å². The third-order valence-electron chi connectivity index (χ3n) is 4.47. The second-order valence-corrected chi connectivity index (χ2v) is 6.14. The summed E-state index contributed by atoms with van der Waals surface area (Å²) >= 11 is 0. The van der Waals surface area contributed by atoms with E-state index in [0.29, 0.717) is 44.0 Å². The first-order chi connectivity index (χ1) is 12.6. The average molecular weight is 357 g/mol. The molecule has 0 radical (unpaired) electrons. The lowest BCUT2D eigenvalue weighted by Gasteiger charge is -2.29. The molecule has 0 unspecified atom stereocenters. The van der Waals surface area contributed by atoms with E-state index in [4.69, 9.17) is 14.6 Å². The van der Waals surface area contributed by atoms with Crippen LogP contribution in [0.4, 0.5) is 0 Å². The number of rotatable bonds is 5. The quantitative estimate of drug-likeness (QED) is 0.602. The van der Waals surface area contributed by atoms with E-state index in [1.807, 2.05) is 24.3 Å². The van der Waals surface area contributed by atoms with E-state index in [1.165, 1.54) is 11.1 Å². The number of aliphatic carboxylic acids is 1. The number of likely N-dealkylation sites (tertiary alicyclic amines) is 1. The lowest BCUT2D eigenvalue weighted by molar-refractivity contribution is -0.145. The number of hydrogen-bond donors (Lipinski definition) is 2. The number of fused-ring (bicyclic) bond motifs is 1. The lowest BCUT2D eigenvalue weighted by Crippen LogP contribution is -2.41. The number of amides is 1. The van der Waals surface area contributed by atoms with Crippen LogP contribution in [0.5, 0.6) is 11.5 Å². The number of carboxylic acids is 1. The number of carboxylic acid groups (broad SMARTS) is 1. The minimum absolute atomic E-state index is 0.000446. The van der Waals surface area contributed by atoms with Crippen LogP contribution in [0.25, 0.3) is 0 Å². The van der Waals surface area contributed by atoms with Crippen molar-refractivity contribution in [3.05, 3.63) is 35.5 Å². The van der Waals surface area contributed by atoms with E-state index < -0.39 is 11.9 Å². The zero-order valence-corrected chi connectivity index (χ0v) is 14.1. The van der Waals surface area contributed by atoms with Crippen molar-refractivity contribution in [3.8, 4) is 17.6 Å². The second kappa shape index (κ2) is 7.78. The lowest BCUT2D eigenvalue weighted by atomic mass is 9.97. The highest BCUT2D eigenvalue weighted by atomic mass is 16.7. The van der Waals surface area contributed by atoms with Crippen molar-refractivity contribution in [1.82, 2.24) is 10.2 Å². The molecule has 0 saturated carbocycles. The highest BCUT2D eigenvalue weighted by Gasteiger charge is 2.28. The molecule has 1 aromatic carbocycles. The van der Waals surface area contributed by atoms with Crippen molar-refractivity contribution in [2.24, 2.45) is 5.92 Å². The van der Waals surface area contributed by atoms with E-state index >= 15 is 0 Å². The summed E-state index contributed by atoms with van der Waals surface area (Å²) in [4.78, 5) is 24.9. The van der Waals surface area contributed by atoms with Crippen LogP contribution in [0.3, 0.4) is 0 Å². The highest BCUT2D eigenvalue weighted by molar-refractivity contribution is 5.97. The van der Waals surface area contributed by atoms with Crippen LogP contribution < -0.4 is 14.8 Å². The van der Waals surface area contributed by atoms with Gasteiger partial charge in [-0.3, -0.25) is 9.59 Å². The standard InChI is InChI=1S/C18H19N3O5/c19-8-14(17(22)21-5-3-13(4-6-21)18(23)24)10-20-9-12-1-2-15-16(7-12)26-11-25-15/h1-2,7,10,13,20H,3-6,9,11H2,(H,23,24)/b14-10-. The summed E-state index contributed by atoms with van der Waals surface area (Å²) in [5, 5.41) is 21.2. The molecule has 0 aromatic heterocycles. The molecule has 1 saturated heterocycles. The summed E-state index contributed by atoms with van der Waals surface area (Å²) in [5.74, 6) is -0.265. The van der Waals surface area contributed by atoms with Crippen LogP contribution in [0.2, 0.25) is 0 Å². The molecule has 136 valence electrons. The van der Waals surface area contributed by atoms with Gasteiger partial charge in [0.05, 0.1) is 5.92 Å². The largest absolute Gasteiger partial charge is 0.481 e. The van der Waals surface area contributed by atoms with Crippen molar-refractivity contribution in [2.75, 3.05) is 19.9 Å². The molecule has 0 bridgehead atoms. The van der Waals surface area contributed by atoms with Gasteiger partial charge < -0.3 is 24.8 Å². The number of carbonyl (C=O) groups excluding carboxylic acids is 1. The van der Waals surface area contributed by atoms with E-state index in [1.54, 1.807) is 0 Å². The van der Waals surface area contributed by atoms with Crippen LogP contribution in [0.1, 0.15) is 18.4 Å². The molecule has 2 heterocycles. The molecule has 0 atom stereocenters. The molecule has 1 aromatic rings. The van der Waals surface area contributed by atoms with Crippen molar-refractivity contribution in [2.45, 2.75) is 19.4 Å². The zero-order chi connectivity index (χ0) is 18.5. The van der Waals surface area contributed by atoms with Gasteiger partial charge in [-0.05, 0) is 30.5 Å². The van der Waals surface area contributed by atoms with Gasteiger partial charge in [-0.15, -0.1) is 0 Å². The van der Waals surface area contributed by atoms with Gasteiger partial charge >= 0.3 is 5.97 Å². The van der Waals surface area contributed by atoms with Gasteiger partial charge in [0, 0.05) is 25.8 Å². The normalized spacial score (nSPS) is 16.9. The first kappa shape index (κ1) is 17.6. The maximum absolute atomic E-state index is 12.4. The molecule has 1 amide bonds. The van der Waals surface area contributed by atoms with Crippen molar-refractivity contribution < 1.29 is 24.2 Å². The Bertz CT molecular complexity index is 776. The Morgan fingerprint density at radius 1 is 1.31 bits per heavy atom. The van der Waals surface area contributed by atoms with E-state index in [2.05, 4.69) is 5.32 Å². The molecular formula is C18H19N3O5. The summed E-state index contributed by atoms with van der Waals surface area (Å²) < 4.78 is 10.6. The highest BCUT2D eigenvalue weighted by Crippen LogP contribution is 2.32. The Morgan fingerprint density at radius 2 is 2.04 bits per heavy atom. The fourth-order valence-corrected chi connectivity index (χ4v) is 2.96. The number of nitrogens with one attached hydrogen (secondary N) is 1. The minimum atomic E-state index is -0.835. The fraction of sp³-hybridized carbons (Fsp3) is 0.389. The molecule has 2 N–H and O–H groups in total. The average Bonchev–Trinajstić information content (AvgIpc) is 3.12. The molecule has 0 aliphatic carbocycles. The van der Waals surface area contributed by atoms with Gasteiger partial charge in [0.15, 0.2) is 11.5 Å². The predicted octanol–water partition coefficient (Wildman–Crippen LogP) is 1.24. The van der Waals surface area contributed by atoms with Gasteiger partial charge in [-0.1, -0.05) is 6.07 Å². The Kier molecular flexibility index (Phi) is 5.27. The zero-order valence-electron chi connectivity index (χ0n) is 14.1. The molecule has 8 heteroatoms. The minimum Gasteiger partial charge on any atom is -0.481 e. The summed E-state index contributed by atoms with van der Waals surface area (Å²) in [7, 11) is 0. The maximum atomic E-state index is 12.4. The van der Waals surface area contributed by atoms with Gasteiger partial charge in [-0.25, -0.2) is 0 Å². The van der Waals surface area contributed by atoms with Crippen LogP contribution in [0, 0.1) is 17.2 Å². The first-order valence-corrected chi connectivity index (χ1v) is 8.32. The second-order valence-electron chi connectivity index (χ2n) is 6.14. The van der Waals surface area contributed by atoms with Crippen molar-refractivity contribution >= 4 is 11.9 Å². The number of ether oxygens (including phenoxy) is 2. The summed E-state index contributed by atoms with van der Waals surface area (Å²) in [6, 6.07) is 7.43. The first-order valence-electron chi connectivity index (χ1n) is 8.32. The summed E-state index contributed by atoms with van der Waals surface area (Å²) in [6.45, 7) is 1.32. The number of carbonyl (C=O) groups is 2. The van der Waals surface area contributed by atoms with Crippen LogP contribution in [0.15, 0.2) is 30.0 Å². The fourth-order valence-electron chi connectivity index (χ4n) is 2.96. The number of piperidine rings is 1. The molecule has 3 rings (SSSR count). The monoisotopic (exact) mass is 357 g/mol. The SMILES string of the molecule is N#C/C(=C/NCc1ccc2c(c1)OCO2)C(=O)N1CCC(C(=O)O)CC1. The Hall–Kier alpha value is -3.21. The number of benzene rings is 1. The molecule has 8 nitrogen and oxygen atoms in total. The van der Waals surface area contributed by atoms with Gasteiger partial charge in [0.2, 0.25) is 6.79 Å². The number of nitrogens with zero attached hydrogens (tertiary/aromatic N) is 2. The number of hydrogen-bond acceptors (Lipinski definition) is 6. The third kappa shape index (κ3) is 3.88. The smallest absolute Gasteiger partial charge is 0.306 e. The summed E-state index contributed by atoms with van der Waals surface area (Å²) in [5.41, 5.74) is 0.928. The van der Waals surface area contributed by atoms with E-state index in [0.717, 1.165) is 5.56 Å². The van der Waals surface area contributed by atoms with Crippen LogP contribution >= 0.6 is 0 Å². The van der Waals surface area contributed by atoms with Crippen LogP contribution in [-0.2, 0) is 16.1 Å². The van der Waals surface area contributed by atoms with E-state index in [9.17, 15) is 14.9 Å². The van der Waals surface area contributed by atoms with Crippen molar-refractivity contribution in [3.63, 3.8) is 0 Å². The summed E-state index contributed by atoms with van der Waals surface area (Å²) in [6.07, 6.45) is 2.21. The van der Waals surface area contributed by atoms with Crippen molar-refractivity contribution in [1.29, 1.82) is 5.26 Å². The van der Waals surface area contributed by atoms with Gasteiger partial charge in [-0.2, -0.15) is 5.26 Å². The molecule has 2 aliphatic heterocycles. The Labute approximate surface area is 150 Å². The van der Waals surface area contributed by atoms with Crippen LogP contribution in [-0.4, -0.2) is 41.8 Å². The Balaban J connectivity index is 1.55. The molecule has 2 aliphatic rings. The number of nitriles is 1. The molecule has 1 fully saturated rings. The van der Waals surface area contributed by atoms with Gasteiger partial charge in [0.1, 0.15) is 11.6 Å². The molecule has 0 spiro atoms. The molecular weight excluding hydrogens is 338 g/mol. The Morgan fingerprint density at radius 3 is 2.73 bits per heavy atom. The maximum Gasteiger partial charge on any atom is 0.306 e. The predicted molar refractivity (Wildman–Crippen MR) is 90.0 cm³/mol. The van der Waals surface area contributed by atoms with Gasteiger partial charge in [0.25, 0.3) is 5.91 Å².